The van der Waals surface area contributed by atoms with Crippen molar-refractivity contribution in [1.82, 2.24) is 0 Å². The van der Waals surface area contributed by atoms with E-state index in [4.69, 9.17) is 33.2 Å². The van der Waals surface area contributed by atoms with E-state index in [0.29, 0.717) is 6.61 Å². The van der Waals surface area contributed by atoms with Crippen molar-refractivity contribution in [2.24, 2.45) is 0 Å². The minimum absolute atomic E-state index is 0.122. The maximum Gasteiger partial charge on any atom is 0.187 e. The third-order valence-corrected chi connectivity index (χ3v) is 8.95. The van der Waals surface area contributed by atoms with Crippen molar-refractivity contribution in [2.45, 2.75) is 87.8 Å². The van der Waals surface area contributed by atoms with Crippen molar-refractivity contribution < 1.29 is 53.6 Å². The molecule has 11 nitrogen and oxygen atoms in total. The van der Waals surface area contributed by atoms with Crippen molar-refractivity contribution >= 4 is 0 Å². The predicted molar refractivity (Wildman–Crippen MR) is 185 cm³/mol. The van der Waals surface area contributed by atoms with Gasteiger partial charge in [0.1, 0.15) is 48.8 Å². The van der Waals surface area contributed by atoms with Gasteiger partial charge in [-0.2, -0.15) is 0 Å². The van der Waals surface area contributed by atoms with Gasteiger partial charge in [-0.3, -0.25) is 0 Å². The van der Waals surface area contributed by atoms with E-state index in [2.05, 4.69) is 0 Å². The maximum atomic E-state index is 10.7. The Balaban J connectivity index is 1.29. The zero-order valence-electron chi connectivity index (χ0n) is 28.2. The molecular weight excluding hydrogens is 656 g/mol. The van der Waals surface area contributed by atoms with Crippen LogP contribution in [-0.2, 0) is 59.6 Å². The fourth-order valence-electron chi connectivity index (χ4n) is 6.14. The van der Waals surface area contributed by atoms with E-state index in [0.717, 1.165) is 22.3 Å². The second-order valence-corrected chi connectivity index (χ2v) is 12.7. The molecular formula is C40H46O11. The Bertz CT molecular complexity index is 1550. The first-order valence-corrected chi connectivity index (χ1v) is 17.2. The summed E-state index contributed by atoms with van der Waals surface area (Å²) in [6.45, 7) is 0.862. The molecule has 6 rings (SSSR count). The number of benzene rings is 4. The average Bonchev–Trinajstić information content (AvgIpc) is 3.17. The second kappa shape index (κ2) is 18.8. The van der Waals surface area contributed by atoms with Gasteiger partial charge < -0.3 is 53.6 Å². The van der Waals surface area contributed by atoms with Crippen LogP contribution in [0.3, 0.4) is 0 Å². The van der Waals surface area contributed by atoms with Gasteiger partial charge in [0.05, 0.1) is 39.6 Å². The summed E-state index contributed by atoms with van der Waals surface area (Å²) in [6, 6.07) is 39.0. The second-order valence-electron chi connectivity index (χ2n) is 12.7. The Kier molecular flexibility index (Phi) is 13.7. The molecule has 11 heteroatoms. The molecule has 2 saturated heterocycles. The first-order chi connectivity index (χ1) is 25.0. The third-order valence-electron chi connectivity index (χ3n) is 8.95. The molecule has 4 N–H and O–H groups in total. The van der Waals surface area contributed by atoms with E-state index < -0.39 is 61.4 Å². The first kappa shape index (κ1) is 37.2. The highest BCUT2D eigenvalue weighted by molar-refractivity contribution is 5.16. The molecule has 51 heavy (non-hydrogen) atoms. The third kappa shape index (κ3) is 10.3. The lowest BCUT2D eigenvalue weighted by atomic mass is 9.97. The van der Waals surface area contributed by atoms with Crippen molar-refractivity contribution in [2.75, 3.05) is 13.2 Å². The van der Waals surface area contributed by atoms with E-state index in [-0.39, 0.29) is 33.0 Å². The summed E-state index contributed by atoms with van der Waals surface area (Å²) in [4.78, 5) is 0. The van der Waals surface area contributed by atoms with Crippen LogP contribution < -0.4 is 0 Å². The highest BCUT2D eigenvalue weighted by atomic mass is 16.7. The maximum absolute atomic E-state index is 10.7. The summed E-state index contributed by atoms with van der Waals surface area (Å²) in [5.41, 5.74) is 3.82. The van der Waals surface area contributed by atoms with E-state index in [9.17, 15) is 20.4 Å². The Morgan fingerprint density at radius 2 is 0.863 bits per heavy atom. The molecule has 0 unspecified atom stereocenters. The lowest BCUT2D eigenvalue weighted by Gasteiger charge is -2.46. The van der Waals surface area contributed by atoms with Crippen LogP contribution in [0.1, 0.15) is 22.3 Å². The number of hydrogen-bond acceptors (Lipinski definition) is 11. The largest absolute Gasteiger partial charge is 0.387 e. The molecule has 4 aromatic carbocycles. The molecule has 2 aliphatic heterocycles. The highest BCUT2D eigenvalue weighted by Gasteiger charge is 2.50. The number of ether oxygens (including phenoxy) is 7. The quantitative estimate of drug-likeness (QED) is 0.136. The van der Waals surface area contributed by atoms with E-state index in [1.54, 1.807) is 0 Å². The molecule has 0 spiro atoms. The molecule has 4 aromatic rings. The van der Waals surface area contributed by atoms with Crippen molar-refractivity contribution in [3.05, 3.63) is 144 Å². The summed E-state index contributed by atoms with van der Waals surface area (Å²) in [7, 11) is 0. The minimum atomic E-state index is -1.72. The van der Waals surface area contributed by atoms with Gasteiger partial charge in [0, 0.05) is 0 Å². The van der Waals surface area contributed by atoms with Crippen LogP contribution >= 0.6 is 0 Å². The molecule has 2 aliphatic rings. The summed E-state index contributed by atoms with van der Waals surface area (Å²) in [5, 5.41) is 41.2. The van der Waals surface area contributed by atoms with Crippen molar-refractivity contribution in [3.63, 3.8) is 0 Å². The SMILES string of the molecule is O[C@@H]1[C@@H](O)[C@H](O)O[C@H](CO[C@H]2O[C@H](COCc3ccccc3)[C@@H](OCc3ccccc3)[C@H](OCc3ccccc3)[C@H]2OCc2ccccc2)[C@@H]1O. The molecule has 0 amide bonds. The molecule has 0 radical (unpaired) electrons. The highest BCUT2D eigenvalue weighted by Crippen LogP contribution is 2.32. The fourth-order valence-corrected chi connectivity index (χ4v) is 6.14. The van der Waals surface area contributed by atoms with E-state index in [1.807, 2.05) is 121 Å². The van der Waals surface area contributed by atoms with Crippen LogP contribution in [-0.4, -0.2) is 95.1 Å². The fraction of sp³-hybridized carbons (Fsp3) is 0.400. The Morgan fingerprint density at radius 3 is 1.37 bits per heavy atom. The smallest absolute Gasteiger partial charge is 0.187 e. The zero-order chi connectivity index (χ0) is 35.4. The van der Waals surface area contributed by atoms with Crippen LogP contribution in [0.15, 0.2) is 121 Å². The molecule has 0 saturated carbocycles. The van der Waals surface area contributed by atoms with Gasteiger partial charge in [-0.05, 0) is 22.3 Å². The Labute approximate surface area is 297 Å². The Hall–Kier alpha value is -3.56. The van der Waals surface area contributed by atoms with Gasteiger partial charge >= 0.3 is 0 Å². The summed E-state index contributed by atoms with van der Waals surface area (Å²) >= 11 is 0. The van der Waals surface area contributed by atoms with Gasteiger partial charge in [-0.15, -0.1) is 0 Å². The Morgan fingerprint density at radius 1 is 0.412 bits per heavy atom. The number of aliphatic hydroxyl groups is 4. The first-order valence-electron chi connectivity index (χ1n) is 17.2. The lowest BCUT2D eigenvalue weighted by molar-refractivity contribution is -0.342. The molecule has 0 bridgehead atoms. The monoisotopic (exact) mass is 702 g/mol. The van der Waals surface area contributed by atoms with Crippen LogP contribution in [0.5, 0.6) is 0 Å². The van der Waals surface area contributed by atoms with Crippen molar-refractivity contribution in [1.29, 1.82) is 0 Å². The summed E-state index contributed by atoms with van der Waals surface area (Å²) in [6.07, 6.45) is -11.8. The average molecular weight is 703 g/mol. The molecule has 10 atom stereocenters. The van der Waals surface area contributed by atoms with Crippen LogP contribution in [0.2, 0.25) is 0 Å². The lowest BCUT2D eigenvalue weighted by Crippen LogP contribution is -2.63. The van der Waals surface area contributed by atoms with Gasteiger partial charge in [0.15, 0.2) is 12.6 Å². The van der Waals surface area contributed by atoms with Crippen LogP contribution in [0.4, 0.5) is 0 Å². The van der Waals surface area contributed by atoms with Gasteiger partial charge in [-0.1, -0.05) is 121 Å². The topological polar surface area (TPSA) is 146 Å². The molecule has 2 fully saturated rings. The standard InChI is InChI=1S/C40H46O11/c41-33-31(50-39(44)35(43)34(33)42)26-49-40-38(48-24-30-19-11-4-12-20-30)37(47-23-29-17-9-3-10-18-29)36(46-22-28-15-7-2-8-16-28)32(51-40)25-45-21-27-13-5-1-6-14-27/h1-20,31-44H,21-26H2/t31-,32-,33+,34+,35-,36-,37+,38-,39-,40+/m1/s1. The van der Waals surface area contributed by atoms with Crippen LogP contribution in [0, 0.1) is 0 Å². The number of rotatable bonds is 16. The number of aliphatic hydroxyl groups excluding tert-OH is 4. The molecule has 272 valence electrons. The van der Waals surface area contributed by atoms with Gasteiger partial charge in [0.25, 0.3) is 0 Å². The normalized spacial score (nSPS) is 29.5. The summed E-state index contributed by atoms with van der Waals surface area (Å²) in [5.74, 6) is 0. The molecule has 2 heterocycles. The predicted octanol–water partition coefficient (Wildman–Crippen LogP) is 3.50. The van der Waals surface area contributed by atoms with Crippen LogP contribution in [0.25, 0.3) is 0 Å². The van der Waals surface area contributed by atoms with Crippen molar-refractivity contribution in [3.8, 4) is 0 Å². The van der Waals surface area contributed by atoms with Gasteiger partial charge in [0.2, 0.25) is 0 Å². The van der Waals surface area contributed by atoms with Gasteiger partial charge in [-0.25, -0.2) is 0 Å². The zero-order valence-corrected chi connectivity index (χ0v) is 28.2. The summed E-state index contributed by atoms with van der Waals surface area (Å²) < 4.78 is 44.4. The molecule has 0 aliphatic carbocycles. The van der Waals surface area contributed by atoms with E-state index >= 15 is 0 Å². The molecule has 0 aromatic heterocycles. The number of hydrogen-bond donors (Lipinski definition) is 4. The minimum Gasteiger partial charge on any atom is -0.387 e. The van der Waals surface area contributed by atoms with E-state index in [1.165, 1.54) is 0 Å².